The topological polar surface area (TPSA) is 67.0 Å². The predicted octanol–water partition coefficient (Wildman–Crippen LogP) is 11.5. The molecule has 0 saturated carbocycles. The van der Waals surface area contributed by atoms with Crippen molar-refractivity contribution < 1.29 is 0 Å². The van der Waals surface area contributed by atoms with Crippen molar-refractivity contribution in [2.45, 2.75) is 117 Å². The van der Waals surface area contributed by atoms with Crippen LogP contribution in [-0.2, 0) is 12.8 Å². The van der Waals surface area contributed by atoms with Gasteiger partial charge in [0.25, 0.3) is 11.1 Å². The second-order valence-electron chi connectivity index (χ2n) is 15.2. The molecule has 0 saturated heterocycles. The van der Waals surface area contributed by atoms with Gasteiger partial charge in [-0.2, -0.15) is 0 Å². The highest BCUT2D eigenvalue weighted by atomic mass is 32.1. The normalized spacial score (nSPS) is 12.6. The Bertz CT molecular complexity index is 2390. The lowest BCUT2D eigenvalue weighted by atomic mass is 10.0. The molecule has 53 heavy (non-hydrogen) atoms. The van der Waals surface area contributed by atoms with Gasteiger partial charge in [-0.05, 0) is 89.0 Å². The van der Waals surface area contributed by atoms with Crippen LogP contribution in [0, 0.1) is 0 Å². The van der Waals surface area contributed by atoms with E-state index in [2.05, 4.69) is 60.9 Å². The Hall–Kier alpha value is -3.08. The molecule has 7 aromatic heterocycles. The first-order valence-corrected chi connectivity index (χ1v) is 22.9. The van der Waals surface area contributed by atoms with Crippen LogP contribution in [0.3, 0.4) is 0 Å². The average Bonchev–Trinajstić information content (AvgIpc) is 3.97. The zero-order valence-electron chi connectivity index (χ0n) is 31.5. The molecule has 0 spiro atoms. The van der Waals surface area contributed by atoms with E-state index in [4.69, 9.17) is 0 Å². The first kappa shape index (κ1) is 36.9. The number of hydrogen-bond donors (Lipinski definition) is 2. The summed E-state index contributed by atoms with van der Waals surface area (Å²) in [5.74, 6) is 0. The molecule has 1 aromatic carbocycles. The summed E-state index contributed by atoms with van der Waals surface area (Å²) in [6.45, 7) is 8.79. The van der Waals surface area contributed by atoms with Gasteiger partial charge in [-0.1, -0.05) is 90.2 Å². The molecular weight excluding hydrogens is 713 g/mol. The Balaban J connectivity index is 0.994. The van der Waals surface area contributed by atoms with E-state index in [1.165, 1.54) is 98.1 Å². The SMILES string of the molecule is CCCCCCCCNCCCc1cc2c(cc3c4ccc5c6c(sc(c(=O)n23)c46)c(=O)n2c3cc(CCCNCCCCCCCC)sc3cc52)s1. The van der Waals surface area contributed by atoms with Gasteiger partial charge in [-0.3, -0.25) is 18.4 Å². The van der Waals surface area contributed by atoms with Crippen LogP contribution in [0.4, 0.5) is 0 Å². The Kier molecular flexibility index (Phi) is 11.6. The number of unbranched alkanes of at least 4 members (excludes halogenated alkanes) is 10. The molecule has 8 rings (SSSR count). The third-order valence-electron chi connectivity index (χ3n) is 11.3. The molecule has 0 fully saturated rings. The highest BCUT2D eigenvalue weighted by Gasteiger charge is 2.24. The number of thiophene rings is 3. The molecule has 280 valence electrons. The fourth-order valence-corrected chi connectivity index (χ4v) is 11.9. The van der Waals surface area contributed by atoms with Crippen molar-refractivity contribution in [3.05, 3.63) is 66.9 Å². The summed E-state index contributed by atoms with van der Waals surface area (Å²) in [6, 6.07) is 13.2. The minimum absolute atomic E-state index is 0.00157. The van der Waals surface area contributed by atoms with Crippen molar-refractivity contribution in [3.63, 3.8) is 0 Å². The second-order valence-corrected chi connectivity index (χ2v) is 18.5. The van der Waals surface area contributed by atoms with Crippen molar-refractivity contribution >= 4 is 96.4 Å². The van der Waals surface area contributed by atoms with E-state index in [0.29, 0.717) is 9.40 Å². The maximum Gasteiger partial charge on any atom is 0.273 e. The van der Waals surface area contributed by atoms with E-state index in [1.54, 1.807) is 0 Å². The van der Waals surface area contributed by atoms with Gasteiger partial charge in [0.2, 0.25) is 0 Å². The molecule has 0 radical (unpaired) electrons. The number of aryl methyl sites for hydroxylation is 2. The molecular formula is C44H54N4O2S3. The number of nitrogens with zero attached hydrogens (tertiary/aromatic N) is 2. The van der Waals surface area contributed by atoms with Crippen molar-refractivity contribution in [1.29, 1.82) is 0 Å². The average molecular weight is 767 g/mol. The van der Waals surface area contributed by atoms with E-state index in [-0.39, 0.29) is 11.1 Å². The number of aromatic nitrogens is 2. The number of nitrogens with one attached hydrogen (secondary N) is 2. The van der Waals surface area contributed by atoms with Gasteiger partial charge in [0, 0.05) is 31.3 Å². The summed E-state index contributed by atoms with van der Waals surface area (Å²) in [5, 5.41) is 11.3. The number of pyridine rings is 2. The summed E-state index contributed by atoms with van der Waals surface area (Å²) in [6.07, 6.45) is 20.1. The van der Waals surface area contributed by atoms with E-state index >= 15 is 0 Å². The molecule has 2 N–H and O–H groups in total. The van der Waals surface area contributed by atoms with Gasteiger partial charge in [0.1, 0.15) is 9.40 Å². The summed E-state index contributed by atoms with van der Waals surface area (Å²) in [7, 11) is 0. The predicted molar refractivity (Wildman–Crippen MR) is 234 cm³/mol. The van der Waals surface area contributed by atoms with E-state index in [9.17, 15) is 9.59 Å². The second kappa shape index (κ2) is 16.7. The van der Waals surface area contributed by atoms with Crippen LogP contribution >= 0.6 is 34.0 Å². The zero-order chi connectivity index (χ0) is 36.3. The van der Waals surface area contributed by atoms with E-state index < -0.39 is 0 Å². The number of benzene rings is 1. The lowest BCUT2D eigenvalue weighted by Crippen LogP contribution is -2.17. The maximum atomic E-state index is 14.3. The molecule has 0 amide bonds. The largest absolute Gasteiger partial charge is 0.317 e. The summed E-state index contributed by atoms with van der Waals surface area (Å²) in [5.41, 5.74) is 3.90. The van der Waals surface area contributed by atoms with Gasteiger partial charge in [0.15, 0.2) is 0 Å². The first-order chi connectivity index (χ1) is 26.1. The monoisotopic (exact) mass is 766 g/mol. The Morgan fingerprint density at radius 2 is 0.906 bits per heavy atom. The number of hydrogen-bond acceptors (Lipinski definition) is 7. The van der Waals surface area contributed by atoms with Crippen LogP contribution < -0.4 is 21.8 Å². The lowest BCUT2D eigenvalue weighted by molar-refractivity contribution is 0.565. The molecule has 6 nitrogen and oxygen atoms in total. The van der Waals surface area contributed by atoms with Gasteiger partial charge >= 0.3 is 0 Å². The third-order valence-corrected chi connectivity index (χ3v) is 14.7. The zero-order valence-corrected chi connectivity index (χ0v) is 34.0. The van der Waals surface area contributed by atoms with E-state index in [1.807, 2.05) is 31.5 Å². The Morgan fingerprint density at radius 3 is 1.36 bits per heavy atom. The number of rotatable bonds is 22. The molecule has 0 aliphatic rings. The van der Waals surface area contributed by atoms with Crippen LogP contribution in [0.15, 0.2) is 46.0 Å². The summed E-state index contributed by atoms with van der Waals surface area (Å²) in [4.78, 5) is 31.3. The van der Waals surface area contributed by atoms with Gasteiger partial charge < -0.3 is 10.6 Å². The van der Waals surface area contributed by atoms with E-state index in [0.717, 1.165) is 105 Å². The standard InChI is InChI=1S/C44H54N4O2S3/c1-3-5-7-9-11-13-21-45-23-15-17-29-25-35-37(51-29)27-33-31-19-20-32-34-28-38-36(26-30(52-38)18-16-24-46-22-14-12-10-8-6-4-2)48(34)44(50)42-40(32)39(31)41(53-42)43(49)47(33)35/h19-20,25-28,45-46H,3-18,21-24H2,1-2H3. The molecule has 0 atom stereocenters. The highest BCUT2D eigenvalue weighted by Crippen LogP contribution is 2.43. The van der Waals surface area contributed by atoms with Crippen LogP contribution in [-0.4, -0.2) is 35.0 Å². The molecule has 0 bridgehead atoms. The van der Waals surface area contributed by atoms with Crippen LogP contribution in [0.25, 0.3) is 62.4 Å². The van der Waals surface area contributed by atoms with Crippen LogP contribution in [0.2, 0.25) is 0 Å². The van der Waals surface area contributed by atoms with Crippen molar-refractivity contribution in [2.24, 2.45) is 0 Å². The van der Waals surface area contributed by atoms with Gasteiger partial charge in [-0.15, -0.1) is 34.0 Å². The fourth-order valence-electron chi connectivity index (χ4n) is 8.46. The molecule has 0 aliphatic carbocycles. The minimum atomic E-state index is -0.00157. The molecule has 9 heteroatoms. The Labute approximate surface area is 323 Å². The third kappa shape index (κ3) is 7.25. The van der Waals surface area contributed by atoms with Crippen LogP contribution in [0.5, 0.6) is 0 Å². The van der Waals surface area contributed by atoms with Crippen molar-refractivity contribution in [2.75, 3.05) is 26.2 Å². The first-order valence-electron chi connectivity index (χ1n) is 20.5. The lowest BCUT2D eigenvalue weighted by Gasteiger charge is -2.07. The molecule has 0 aliphatic heterocycles. The van der Waals surface area contributed by atoms with Crippen molar-refractivity contribution in [3.8, 4) is 0 Å². The summed E-state index contributed by atoms with van der Waals surface area (Å²) >= 11 is 5.02. The maximum absolute atomic E-state index is 14.3. The van der Waals surface area contributed by atoms with Gasteiger partial charge in [-0.25, -0.2) is 0 Å². The van der Waals surface area contributed by atoms with Crippen LogP contribution in [0.1, 0.15) is 113 Å². The Morgan fingerprint density at radius 1 is 0.491 bits per heavy atom. The summed E-state index contributed by atoms with van der Waals surface area (Å²) < 4.78 is 7.54. The smallest absolute Gasteiger partial charge is 0.273 e. The molecule has 0 unspecified atom stereocenters. The molecule has 7 heterocycles. The molecule has 8 aromatic rings. The highest BCUT2D eigenvalue weighted by molar-refractivity contribution is 7.26. The van der Waals surface area contributed by atoms with Crippen molar-refractivity contribution in [1.82, 2.24) is 19.4 Å². The quantitative estimate of drug-likeness (QED) is 0.0532. The number of fused-ring (bicyclic) bond motifs is 8. The fraction of sp³-hybridized carbons (Fsp3) is 0.500. The minimum Gasteiger partial charge on any atom is -0.317 e. The van der Waals surface area contributed by atoms with Gasteiger partial charge in [0.05, 0.1) is 31.5 Å².